The number of hydrogen-bond donors (Lipinski definition) is 0. The average molecular weight is 238 g/mol. The molecule has 5 heteroatoms. The molecule has 2 rings (SSSR count). The van der Waals surface area contributed by atoms with E-state index in [2.05, 4.69) is 0 Å². The van der Waals surface area contributed by atoms with Gasteiger partial charge in [-0.25, -0.2) is 0 Å². The topological polar surface area (TPSA) is 49.9 Å². The maximum absolute atomic E-state index is 12.1. The molecule has 2 bridgehead atoms. The molecule has 4 atom stereocenters. The monoisotopic (exact) mass is 238 g/mol. The highest BCUT2D eigenvalue weighted by molar-refractivity contribution is 5.89. The Hall–Kier alpha value is -1.36. The molecule has 1 saturated heterocycles. The Morgan fingerprint density at radius 3 is 1.53 bits per heavy atom. The van der Waals surface area contributed by atoms with E-state index in [1.807, 2.05) is 12.2 Å². The van der Waals surface area contributed by atoms with Crippen LogP contribution in [-0.2, 0) is 14.3 Å². The predicted octanol–water partition coefficient (Wildman–Crippen LogP) is -0.268. The second kappa shape index (κ2) is 4.14. The normalized spacial score (nSPS) is 33.9. The first-order chi connectivity index (χ1) is 7.93. The van der Waals surface area contributed by atoms with Gasteiger partial charge in [-0.2, -0.15) is 0 Å². The van der Waals surface area contributed by atoms with E-state index in [1.54, 1.807) is 28.2 Å². The number of nitrogens with zero attached hydrogens (tertiary/aromatic N) is 2. The summed E-state index contributed by atoms with van der Waals surface area (Å²) in [6, 6.07) is 0. The summed E-state index contributed by atoms with van der Waals surface area (Å²) >= 11 is 0. The molecule has 2 aliphatic rings. The highest BCUT2D eigenvalue weighted by atomic mass is 16.5. The molecule has 0 aromatic rings. The van der Waals surface area contributed by atoms with Crippen LogP contribution in [0.4, 0.5) is 0 Å². The lowest BCUT2D eigenvalue weighted by Gasteiger charge is -2.27. The van der Waals surface area contributed by atoms with E-state index in [4.69, 9.17) is 4.74 Å². The van der Waals surface area contributed by atoms with Crippen LogP contribution in [0.2, 0.25) is 0 Å². The van der Waals surface area contributed by atoms with Gasteiger partial charge in [0.2, 0.25) is 11.8 Å². The Bertz CT molecular complexity index is 342. The van der Waals surface area contributed by atoms with Gasteiger partial charge in [-0.05, 0) is 0 Å². The average Bonchev–Trinajstić information content (AvgIpc) is 2.85. The predicted molar refractivity (Wildman–Crippen MR) is 62.2 cm³/mol. The largest absolute Gasteiger partial charge is 0.365 e. The zero-order valence-electron chi connectivity index (χ0n) is 10.6. The van der Waals surface area contributed by atoms with Gasteiger partial charge in [0.15, 0.2) is 0 Å². The third-order valence-corrected chi connectivity index (χ3v) is 3.35. The molecule has 1 fully saturated rings. The van der Waals surface area contributed by atoms with E-state index < -0.39 is 0 Å². The first-order valence-corrected chi connectivity index (χ1v) is 5.69. The smallest absolute Gasteiger partial charge is 0.229 e. The van der Waals surface area contributed by atoms with E-state index in [0.717, 1.165) is 0 Å². The van der Waals surface area contributed by atoms with Crippen LogP contribution in [-0.4, -0.2) is 62.0 Å². The molecule has 94 valence electrons. The first kappa shape index (κ1) is 12.1. The van der Waals surface area contributed by atoms with Crippen LogP contribution >= 0.6 is 0 Å². The molecule has 0 aromatic carbocycles. The zero-order chi connectivity index (χ0) is 12.7. The van der Waals surface area contributed by atoms with E-state index in [1.165, 1.54) is 9.80 Å². The van der Waals surface area contributed by atoms with Gasteiger partial charge in [0.1, 0.15) is 0 Å². The third-order valence-electron chi connectivity index (χ3n) is 3.35. The summed E-state index contributed by atoms with van der Waals surface area (Å²) in [7, 11) is 6.81. The first-order valence-electron chi connectivity index (χ1n) is 5.69. The van der Waals surface area contributed by atoms with Crippen molar-refractivity contribution < 1.29 is 14.3 Å². The van der Waals surface area contributed by atoms with Gasteiger partial charge >= 0.3 is 0 Å². The van der Waals surface area contributed by atoms with Crippen molar-refractivity contribution in [3.63, 3.8) is 0 Å². The van der Waals surface area contributed by atoms with Gasteiger partial charge in [0.25, 0.3) is 0 Å². The maximum atomic E-state index is 12.1. The molecule has 0 saturated carbocycles. The van der Waals surface area contributed by atoms with E-state index in [-0.39, 0.29) is 35.9 Å². The Morgan fingerprint density at radius 1 is 0.882 bits per heavy atom. The second-order valence-corrected chi connectivity index (χ2v) is 4.97. The van der Waals surface area contributed by atoms with E-state index in [9.17, 15) is 9.59 Å². The molecule has 0 N–H and O–H groups in total. The number of fused-ring (bicyclic) bond motifs is 2. The number of carbonyl (C=O) groups excluding carboxylic acids is 2. The number of hydrogen-bond acceptors (Lipinski definition) is 3. The van der Waals surface area contributed by atoms with Crippen molar-refractivity contribution in [3.8, 4) is 0 Å². The fourth-order valence-electron chi connectivity index (χ4n) is 2.49. The van der Waals surface area contributed by atoms with Gasteiger partial charge in [0, 0.05) is 28.2 Å². The quantitative estimate of drug-likeness (QED) is 0.622. The Morgan fingerprint density at radius 2 is 1.24 bits per heavy atom. The molecular weight excluding hydrogens is 220 g/mol. The molecule has 4 unspecified atom stereocenters. The Balaban J connectivity index is 2.27. The molecule has 2 heterocycles. The van der Waals surface area contributed by atoms with Crippen molar-refractivity contribution in [2.45, 2.75) is 12.2 Å². The minimum absolute atomic E-state index is 0.0398. The van der Waals surface area contributed by atoms with Gasteiger partial charge in [-0.3, -0.25) is 9.59 Å². The van der Waals surface area contributed by atoms with Crippen LogP contribution in [0.15, 0.2) is 12.2 Å². The van der Waals surface area contributed by atoms with E-state index >= 15 is 0 Å². The zero-order valence-corrected chi connectivity index (χ0v) is 10.6. The minimum atomic E-state index is -0.380. The summed E-state index contributed by atoms with van der Waals surface area (Å²) in [6.07, 6.45) is 3.28. The van der Waals surface area contributed by atoms with E-state index in [0.29, 0.717) is 0 Å². The van der Waals surface area contributed by atoms with Crippen LogP contribution in [0.25, 0.3) is 0 Å². The number of rotatable bonds is 2. The van der Waals surface area contributed by atoms with Crippen LogP contribution in [0, 0.1) is 11.8 Å². The highest BCUT2D eigenvalue weighted by Gasteiger charge is 2.53. The lowest BCUT2D eigenvalue weighted by atomic mass is 9.81. The van der Waals surface area contributed by atoms with Crippen molar-refractivity contribution in [1.82, 2.24) is 9.80 Å². The minimum Gasteiger partial charge on any atom is -0.365 e. The van der Waals surface area contributed by atoms with Crippen LogP contribution in [0.1, 0.15) is 0 Å². The third kappa shape index (κ3) is 1.84. The molecule has 0 aliphatic carbocycles. The van der Waals surface area contributed by atoms with Crippen molar-refractivity contribution in [1.29, 1.82) is 0 Å². The van der Waals surface area contributed by atoms with Gasteiger partial charge in [-0.15, -0.1) is 0 Å². The van der Waals surface area contributed by atoms with Crippen molar-refractivity contribution in [3.05, 3.63) is 12.2 Å². The van der Waals surface area contributed by atoms with Crippen LogP contribution in [0.5, 0.6) is 0 Å². The fraction of sp³-hybridized carbons (Fsp3) is 0.667. The van der Waals surface area contributed by atoms with Crippen molar-refractivity contribution in [2.24, 2.45) is 11.8 Å². The van der Waals surface area contributed by atoms with Crippen LogP contribution in [0.3, 0.4) is 0 Å². The van der Waals surface area contributed by atoms with Gasteiger partial charge < -0.3 is 14.5 Å². The van der Waals surface area contributed by atoms with Gasteiger partial charge in [0.05, 0.1) is 24.0 Å². The highest BCUT2D eigenvalue weighted by Crippen LogP contribution is 2.40. The number of ether oxygens (including phenoxy) is 1. The van der Waals surface area contributed by atoms with Crippen molar-refractivity contribution >= 4 is 11.8 Å². The molecule has 0 spiro atoms. The lowest BCUT2D eigenvalue weighted by molar-refractivity contribution is -0.142. The Labute approximate surface area is 101 Å². The number of carbonyl (C=O) groups is 2. The summed E-state index contributed by atoms with van der Waals surface area (Å²) in [4.78, 5) is 27.3. The second-order valence-electron chi connectivity index (χ2n) is 4.97. The van der Waals surface area contributed by atoms with Gasteiger partial charge in [-0.1, -0.05) is 12.2 Å². The summed E-state index contributed by atoms with van der Waals surface area (Å²) < 4.78 is 5.63. The molecule has 2 aliphatic heterocycles. The summed E-state index contributed by atoms with van der Waals surface area (Å²) in [6.45, 7) is 0. The Kier molecular flexibility index (Phi) is 2.95. The van der Waals surface area contributed by atoms with Crippen LogP contribution < -0.4 is 0 Å². The summed E-state index contributed by atoms with van der Waals surface area (Å²) in [5.41, 5.74) is 0. The molecule has 0 radical (unpaired) electrons. The summed E-state index contributed by atoms with van der Waals surface area (Å²) in [5.74, 6) is -0.839. The summed E-state index contributed by atoms with van der Waals surface area (Å²) in [5, 5.41) is 0. The standard InChI is InChI=1S/C12H18N2O3/c1-13(2)11(15)9-7-5-6-8(17-7)10(9)12(16)14(3)4/h5-10H,1-4H3. The number of amides is 2. The molecule has 5 nitrogen and oxygen atoms in total. The maximum Gasteiger partial charge on any atom is 0.229 e. The molecule has 17 heavy (non-hydrogen) atoms. The molecular formula is C12H18N2O3. The fourth-order valence-corrected chi connectivity index (χ4v) is 2.49. The molecule has 2 amide bonds. The lowest BCUT2D eigenvalue weighted by Crippen LogP contribution is -2.45. The molecule has 0 aromatic heterocycles. The SMILES string of the molecule is CN(C)C(=O)C1C2C=CC(O2)C1C(=O)N(C)C. The van der Waals surface area contributed by atoms with Crippen molar-refractivity contribution in [2.75, 3.05) is 28.2 Å².